The van der Waals surface area contributed by atoms with Gasteiger partial charge in [0, 0.05) is 12.4 Å². The highest BCUT2D eigenvalue weighted by Gasteiger charge is 2.20. The molecule has 0 fully saturated rings. The number of rotatable bonds is 4. The van der Waals surface area contributed by atoms with Gasteiger partial charge >= 0.3 is 0 Å². The zero-order valence-electron chi connectivity index (χ0n) is 10.0. The third-order valence-corrected chi connectivity index (χ3v) is 4.50. The van der Waals surface area contributed by atoms with E-state index in [0.717, 1.165) is 12.1 Å². The highest BCUT2D eigenvalue weighted by atomic mass is 79.9. The van der Waals surface area contributed by atoms with Crippen LogP contribution in [0.4, 0.5) is 10.1 Å². The fourth-order valence-electron chi connectivity index (χ4n) is 1.51. The minimum Gasteiger partial charge on any atom is -0.392 e. The van der Waals surface area contributed by atoms with E-state index in [4.69, 9.17) is 5.11 Å². The molecule has 106 valence electrons. The Morgan fingerprint density at radius 1 is 1.35 bits per heavy atom. The number of nitrogens with zero attached hydrogens (tertiary/aromatic N) is 1. The second-order valence-electron chi connectivity index (χ2n) is 3.88. The standard InChI is InChI=1S/C12H10BrFN2O3S/c13-9-6-15-4-3-11(9)16-20(18,19)12-5-8(7-17)1-2-10(12)14/h1-6,17H,7H2,(H,15,16). The van der Waals surface area contributed by atoms with Gasteiger partial charge < -0.3 is 5.11 Å². The van der Waals surface area contributed by atoms with E-state index in [1.54, 1.807) is 0 Å². The van der Waals surface area contributed by atoms with Crippen molar-refractivity contribution in [2.45, 2.75) is 11.5 Å². The molecule has 1 heterocycles. The van der Waals surface area contributed by atoms with Crippen molar-refractivity contribution in [2.24, 2.45) is 0 Å². The first-order valence-electron chi connectivity index (χ1n) is 5.45. The normalized spacial score (nSPS) is 11.3. The van der Waals surface area contributed by atoms with Crippen molar-refractivity contribution in [1.29, 1.82) is 0 Å². The third-order valence-electron chi connectivity index (χ3n) is 2.48. The summed E-state index contributed by atoms with van der Waals surface area (Å²) in [6.45, 7) is -0.373. The number of sulfonamides is 1. The Hall–Kier alpha value is -1.51. The highest BCUT2D eigenvalue weighted by Crippen LogP contribution is 2.25. The molecular formula is C12H10BrFN2O3S. The Kier molecular flexibility index (Phi) is 4.36. The molecular weight excluding hydrogens is 351 g/mol. The molecule has 0 radical (unpaired) electrons. The highest BCUT2D eigenvalue weighted by molar-refractivity contribution is 9.10. The van der Waals surface area contributed by atoms with Crippen molar-refractivity contribution in [1.82, 2.24) is 4.98 Å². The van der Waals surface area contributed by atoms with Gasteiger partial charge in [-0.2, -0.15) is 0 Å². The number of aromatic nitrogens is 1. The first-order valence-corrected chi connectivity index (χ1v) is 7.73. The maximum Gasteiger partial charge on any atom is 0.264 e. The molecule has 1 aromatic heterocycles. The Morgan fingerprint density at radius 2 is 2.10 bits per heavy atom. The molecule has 2 rings (SSSR count). The summed E-state index contributed by atoms with van der Waals surface area (Å²) in [6, 6.07) is 4.85. The van der Waals surface area contributed by atoms with Crippen LogP contribution in [0.2, 0.25) is 0 Å². The summed E-state index contributed by atoms with van der Waals surface area (Å²) in [5.41, 5.74) is 0.550. The number of halogens is 2. The van der Waals surface area contributed by atoms with Gasteiger partial charge in [-0.25, -0.2) is 12.8 Å². The molecule has 0 bridgehead atoms. The Bertz CT molecular complexity index is 737. The van der Waals surface area contributed by atoms with Crippen LogP contribution in [-0.2, 0) is 16.6 Å². The summed E-state index contributed by atoms with van der Waals surface area (Å²) in [7, 11) is -4.09. The zero-order chi connectivity index (χ0) is 14.8. The number of pyridine rings is 1. The van der Waals surface area contributed by atoms with Crippen LogP contribution in [-0.4, -0.2) is 18.5 Å². The quantitative estimate of drug-likeness (QED) is 0.876. The maximum atomic E-state index is 13.7. The number of anilines is 1. The van der Waals surface area contributed by atoms with Gasteiger partial charge in [0.2, 0.25) is 0 Å². The lowest BCUT2D eigenvalue weighted by Gasteiger charge is -2.10. The molecule has 0 saturated carbocycles. The van der Waals surface area contributed by atoms with E-state index in [0.29, 0.717) is 10.0 Å². The van der Waals surface area contributed by atoms with Gasteiger partial charge in [-0.15, -0.1) is 0 Å². The van der Waals surface area contributed by atoms with E-state index >= 15 is 0 Å². The van der Waals surface area contributed by atoms with E-state index in [9.17, 15) is 12.8 Å². The number of nitrogens with one attached hydrogen (secondary N) is 1. The lowest BCUT2D eigenvalue weighted by Crippen LogP contribution is -2.15. The van der Waals surface area contributed by atoms with Gasteiger partial charge in [-0.1, -0.05) is 6.07 Å². The van der Waals surface area contributed by atoms with Gasteiger partial charge in [0.05, 0.1) is 16.8 Å². The molecule has 0 aliphatic carbocycles. The Balaban J connectivity index is 2.43. The number of hydrogen-bond donors (Lipinski definition) is 2. The molecule has 0 amide bonds. The van der Waals surface area contributed by atoms with Crippen molar-refractivity contribution < 1.29 is 17.9 Å². The molecule has 20 heavy (non-hydrogen) atoms. The fraction of sp³-hybridized carbons (Fsp3) is 0.0833. The lowest BCUT2D eigenvalue weighted by molar-refractivity contribution is 0.281. The zero-order valence-corrected chi connectivity index (χ0v) is 12.4. The second kappa shape index (κ2) is 5.86. The average Bonchev–Trinajstić information content (AvgIpc) is 2.41. The van der Waals surface area contributed by atoms with Crippen LogP contribution in [0.15, 0.2) is 46.0 Å². The second-order valence-corrected chi connectivity index (χ2v) is 6.39. The van der Waals surface area contributed by atoms with Crippen LogP contribution in [0.3, 0.4) is 0 Å². The van der Waals surface area contributed by atoms with Crippen molar-refractivity contribution in [3.8, 4) is 0 Å². The van der Waals surface area contributed by atoms with Crippen LogP contribution in [0.1, 0.15) is 5.56 Å². The summed E-state index contributed by atoms with van der Waals surface area (Å²) >= 11 is 3.14. The summed E-state index contributed by atoms with van der Waals surface area (Å²) in [5.74, 6) is -0.889. The van der Waals surface area contributed by atoms with Gasteiger partial charge in [-0.3, -0.25) is 9.71 Å². The summed E-state index contributed by atoms with van der Waals surface area (Å²) < 4.78 is 40.7. The van der Waals surface area contributed by atoms with Crippen molar-refractivity contribution >= 4 is 31.6 Å². The van der Waals surface area contributed by atoms with E-state index in [1.807, 2.05) is 0 Å². The van der Waals surface area contributed by atoms with Gasteiger partial charge in [-0.05, 0) is 39.7 Å². The van der Waals surface area contributed by atoms with Crippen molar-refractivity contribution in [3.05, 3.63) is 52.5 Å². The molecule has 0 unspecified atom stereocenters. The third kappa shape index (κ3) is 3.14. The minimum atomic E-state index is -4.09. The van der Waals surface area contributed by atoms with Gasteiger partial charge in [0.25, 0.3) is 10.0 Å². The number of aliphatic hydroxyl groups is 1. The van der Waals surface area contributed by atoms with E-state index in [1.165, 1.54) is 24.5 Å². The average molecular weight is 361 g/mol. The van der Waals surface area contributed by atoms with E-state index in [2.05, 4.69) is 25.6 Å². The van der Waals surface area contributed by atoms with Gasteiger partial charge in [0.1, 0.15) is 10.7 Å². The van der Waals surface area contributed by atoms with Gasteiger partial charge in [0.15, 0.2) is 0 Å². The van der Waals surface area contributed by atoms with E-state index in [-0.39, 0.29) is 12.3 Å². The number of benzene rings is 1. The van der Waals surface area contributed by atoms with Crippen molar-refractivity contribution in [3.63, 3.8) is 0 Å². The molecule has 8 heteroatoms. The van der Waals surface area contributed by atoms with E-state index < -0.39 is 20.7 Å². The molecule has 0 aliphatic rings. The smallest absolute Gasteiger partial charge is 0.264 e. The topological polar surface area (TPSA) is 79.3 Å². The van der Waals surface area contributed by atoms with Crippen molar-refractivity contribution in [2.75, 3.05) is 4.72 Å². The first-order chi connectivity index (χ1) is 9.44. The maximum absolute atomic E-state index is 13.7. The van der Waals surface area contributed by atoms with Crippen LogP contribution < -0.4 is 4.72 Å². The molecule has 2 N–H and O–H groups in total. The summed E-state index contributed by atoms with van der Waals surface area (Å²) in [4.78, 5) is 3.28. The number of hydrogen-bond acceptors (Lipinski definition) is 4. The lowest BCUT2D eigenvalue weighted by atomic mass is 10.2. The largest absolute Gasteiger partial charge is 0.392 e. The Labute approximate surface area is 123 Å². The molecule has 1 aromatic carbocycles. The predicted molar refractivity (Wildman–Crippen MR) is 75.1 cm³/mol. The fourth-order valence-corrected chi connectivity index (χ4v) is 3.20. The molecule has 0 spiro atoms. The summed E-state index contributed by atoms with van der Waals surface area (Å²) in [5, 5.41) is 9.00. The monoisotopic (exact) mass is 360 g/mol. The van der Waals surface area contributed by atoms with Crippen LogP contribution in [0.5, 0.6) is 0 Å². The predicted octanol–water partition coefficient (Wildman–Crippen LogP) is 2.28. The van der Waals surface area contributed by atoms with Crippen LogP contribution in [0, 0.1) is 5.82 Å². The minimum absolute atomic E-state index is 0.244. The Morgan fingerprint density at radius 3 is 2.75 bits per heavy atom. The first kappa shape index (κ1) is 14.9. The number of aliphatic hydroxyl groups excluding tert-OH is 1. The summed E-state index contributed by atoms with van der Waals surface area (Å²) in [6.07, 6.45) is 2.82. The molecule has 0 saturated heterocycles. The van der Waals surface area contributed by atoms with Crippen LogP contribution >= 0.6 is 15.9 Å². The SMILES string of the molecule is O=S(=O)(Nc1ccncc1Br)c1cc(CO)ccc1F. The molecule has 0 atom stereocenters. The molecule has 2 aromatic rings. The molecule has 0 aliphatic heterocycles. The van der Waals surface area contributed by atoms with Crippen LogP contribution in [0.25, 0.3) is 0 Å². The molecule has 5 nitrogen and oxygen atoms in total.